The molecule has 6 nitrogen and oxygen atoms in total. The summed E-state index contributed by atoms with van der Waals surface area (Å²) in [6.45, 7) is 6.51. The van der Waals surface area contributed by atoms with Gasteiger partial charge in [0.1, 0.15) is 13.2 Å². The van der Waals surface area contributed by atoms with Gasteiger partial charge in [0.25, 0.3) is 0 Å². The van der Waals surface area contributed by atoms with E-state index in [2.05, 4.69) is 93.7 Å². The molecular formula is C70H124O6. The number of carbonyl (C=O) groups is 3. The summed E-state index contributed by atoms with van der Waals surface area (Å²) in [6, 6.07) is 0. The fraction of sp³-hybridized carbons (Fsp3) is 0.786. The van der Waals surface area contributed by atoms with Crippen LogP contribution in [0.3, 0.4) is 0 Å². The molecule has 0 aromatic carbocycles. The van der Waals surface area contributed by atoms with Crippen LogP contribution in [0.5, 0.6) is 0 Å². The van der Waals surface area contributed by atoms with E-state index in [9.17, 15) is 14.4 Å². The summed E-state index contributed by atoms with van der Waals surface area (Å²) < 4.78 is 16.9. The topological polar surface area (TPSA) is 78.9 Å². The van der Waals surface area contributed by atoms with Gasteiger partial charge >= 0.3 is 17.9 Å². The van der Waals surface area contributed by atoms with Gasteiger partial charge in [-0.2, -0.15) is 0 Å². The molecule has 0 saturated heterocycles. The van der Waals surface area contributed by atoms with Gasteiger partial charge in [-0.1, -0.05) is 286 Å². The molecule has 0 aliphatic heterocycles. The van der Waals surface area contributed by atoms with Crippen LogP contribution in [0, 0.1) is 0 Å². The van der Waals surface area contributed by atoms with Crippen LogP contribution in [0.2, 0.25) is 0 Å². The zero-order valence-electron chi connectivity index (χ0n) is 50.5. The molecule has 76 heavy (non-hydrogen) atoms. The first-order valence-corrected chi connectivity index (χ1v) is 32.9. The zero-order valence-corrected chi connectivity index (χ0v) is 50.5. The van der Waals surface area contributed by atoms with Gasteiger partial charge in [0, 0.05) is 19.3 Å². The molecule has 6 heteroatoms. The van der Waals surface area contributed by atoms with Gasteiger partial charge in [0.05, 0.1) is 0 Å². The predicted octanol–water partition coefficient (Wildman–Crippen LogP) is 22.5. The molecule has 440 valence electrons. The number of esters is 3. The minimum Gasteiger partial charge on any atom is -0.462 e. The summed E-state index contributed by atoms with van der Waals surface area (Å²) in [5, 5.41) is 0. The average Bonchev–Trinajstić information content (AvgIpc) is 3.42. The zero-order chi connectivity index (χ0) is 55.0. The lowest BCUT2D eigenvalue weighted by Crippen LogP contribution is -2.30. The van der Waals surface area contributed by atoms with Crippen LogP contribution >= 0.6 is 0 Å². The fourth-order valence-corrected chi connectivity index (χ4v) is 9.47. The molecule has 0 aliphatic carbocycles. The van der Waals surface area contributed by atoms with Crippen molar-refractivity contribution >= 4 is 17.9 Å². The SMILES string of the molecule is CC/C=C\C/C=C\C/C=C\C/C=C\CCCCCCCCCCCCCCCCCCCCC(=O)OCC(COC(=O)CCCCCCC/C=C\CCCC)OC(=O)CCCCCCC/C=C\CCCCCCCCC. The van der Waals surface area contributed by atoms with E-state index in [0.29, 0.717) is 19.3 Å². The van der Waals surface area contributed by atoms with Gasteiger partial charge in [0.15, 0.2) is 6.10 Å². The highest BCUT2D eigenvalue weighted by molar-refractivity contribution is 5.71. The Morgan fingerprint density at radius 3 is 0.855 bits per heavy atom. The number of rotatable bonds is 60. The van der Waals surface area contributed by atoms with Crippen LogP contribution in [0.15, 0.2) is 72.9 Å². The molecule has 0 amide bonds. The monoisotopic (exact) mass is 1060 g/mol. The maximum atomic E-state index is 12.9. The lowest BCUT2D eigenvalue weighted by Gasteiger charge is -2.18. The Balaban J connectivity index is 4.13. The number of ether oxygens (including phenoxy) is 3. The second-order valence-electron chi connectivity index (χ2n) is 22.0. The summed E-state index contributed by atoms with van der Waals surface area (Å²) in [6.07, 6.45) is 83.6. The van der Waals surface area contributed by atoms with Crippen molar-refractivity contribution < 1.29 is 28.6 Å². The Kier molecular flexibility index (Phi) is 61.7. The molecular weight excluding hydrogens is 937 g/mol. The molecule has 0 radical (unpaired) electrons. The van der Waals surface area contributed by atoms with E-state index >= 15 is 0 Å². The van der Waals surface area contributed by atoms with Crippen molar-refractivity contribution in [2.75, 3.05) is 13.2 Å². The molecule has 0 fully saturated rings. The predicted molar refractivity (Wildman–Crippen MR) is 330 cm³/mol. The highest BCUT2D eigenvalue weighted by Crippen LogP contribution is 2.17. The van der Waals surface area contributed by atoms with E-state index in [1.165, 1.54) is 199 Å². The van der Waals surface area contributed by atoms with Gasteiger partial charge in [0.2, 0.25) is 0 Å². The van der Waals surface area contributed by atoms with Crippen LogP contribution in [0.1, 0.15) is 335 Å². The van der Waals surface area contributed by atoms with E-state index in [-0.39, 0.29) is 31.1 Å². The molecule has 0 aromatic heterocycles. The van der Waals surface area contributed by atoms with Gasteiger partial charge in [-0.25, -0.2) is 0 Å². The molecule has 0 rings (SSSR count). The van der Waals surface area contributed by atoms with E-state index in [1.54, 1.807) is 0 Å². The second kappa shape index (κ2) is 64.4. The van der Waals surface area contributed by atoms with Gasteiger partial charge in [-0.15, -0.1) is 0 Å². The molecule has 0 bridgehead atoms. The highest BCUT2D eigenvalue weighted by atomic mass is 16.6. The number of hydrogen-bond acceptors (Lipinski definition) is 6. The van der Waals surface area contributed by atoms with Crippen molar-refractivity contribution in [2.45, 2.75) is 341 Å². The third-order valence-electron chi connectivity index (χ3n) is 14.4. The maximum absolute atomic E-state index is 12.9. The average molecular weight is 1060 g/mol. The number of allylic oxidation sites excluding steroid dienone is 12. The number of hydrogen-bond donors (Lipinski definition) is 0. The summed E-state index contributed by atoms with van der Waals surface area (Å²) in [4.78, 5) is 38.2. The van der Waals surface area contributed by atoms with Crippen molar-refractivity contribution in [3.63, 3.8) is 0 Å². The van der Waals surface area contributed by atoms with Crippen molar-refractivity contribution in [3.8, 4) is 0 Å². The molecule has 1 unspecified atom stereocenters. The largest absolute Gasteiger partial charge is 0.462 e. The first-order valence-electron chi connectivity index (χ1n) is 32.9. The Morgan fingerprint density at radius 1 is 0.276 bits per heavy atom. The summed E-state index contributed by atoms with van der Waals surface area (Å²) in [5.41, 5.74) is 0. The van der Waals surface area contributed by atoms with Crippen LogP contribution in [-0.2, 0) is 28.6 Å². The van der Waals surface area contributed by atoms with Crippen LogP contribution in [0.25, 0.3) is 0 Å². The molecule has 0 N–H and O–H groups in total. The van der Waals surface area contributed by atoms with Crippen LogP contribution in [-0.4, -0.2) is 37.2 Å². The molecule has 0 spiro atoms. The minimum absolute atomic E-state index is 0.0775. The Labute approximate surface area is 472 Å². The van der Waals surface area contributed by atoms with Crippen molar-refractivity contribution in [1.29, 1.82) is 0 Å². The molecule has 0 aliphatic rings. The normalized spacial score (nSPS) is 12.5. The van der Waals surface area contributed by atoms with E-state index in [1.807, 2.05) is 0 Å². The fourth-order valence-electron chi connectivity index (χ4n) is 9.47. The van der Waals surface area contributed by atoms with Crippen LogP contribution in [0.4, 0.5) is 0 Å². The summed E-state index contributed by atoms with van der Waals surface area (Å²) in [7, 11) is 0. The highest BCUT2D eigenvalue weighted by Gasteiger charge is 2.19. The Bertz CT molecular complexity index is 1400. The quantitative estimate of drug-likeness (QED) is 0.0261. The molecule has 0 aromatic rings. The van der Waals surface area contributed by atoms with E-state index < -0.39 is 6.10 Å². The van der Waals surface area contributed by atoms with Gasteiger partial charge in [-0.3, -0.25) is 14.4 Å². The van der Waals surface area contributed by atoms with Crippen molar-refractivity contribution in [1.82, 2.24) is 0 Å². The van der Waals surface area contributed by atoms with E-state index in [0.717, 1.165) is 96.3 Å². The smallest absolute Gasteiger partial charge is 0.306 e. The van der Waals surface area contributed by atoms with Gasteiger partial charge in [-0.05, 0) is 103 Å². The van der Waals surface area contributed by atoms with Crippen LogP contribution < -0.4 is 0 Å². The number of unbranched alkanes of at least 4 members (excludes halogenated alkanes) is 37. The van der Waals surface area contributed by atoms with Crippen molar-refractivity contribution in [2.24, 2.45) is 0 Å². The number of carbonyl (C=O) groups excluding carboxylic acids is 3. The minimum atomic E-state index is -0.781. The summed E-state index contributed by atoms with van der Waals surface area (Å²) >= 11 is 0. The second-order valence-corrected chi connectivity index (χ2v) is 22.0. The third-order valence-corrected chi connectivity index (χ3v) is 14.4. The van der Waals surface area contributed by atoms with Crippen molar-refractivity contribution in [3.05, 3.63) is 72.9 Å². The first kappa shape index (κ1) is 72.8. The molecule has 0 heterocycles. The molecule has 0 saturated carbocycles. The lowest BCUT2D eigenvalue weighted by atomic mass is 10.0. The Hall–Kier alpha value is -3.15. The third kappa shape index (κ3) is 61.7. The van der Waals surface area contributed by atoms with Gasteiger partial charge < -0.3 is 14.2 Å². The molecule has 1 atom stereocenters. The summed E-state index contributed by atoms with van der Waals surface area (Å²) in [5.74, 6) is -0.880. The van der Waals surface area contributed by atoms with E-state index in [4.69, 9.17) is 14.2 Å². The lowest BCUT2D eigenvalue weighted by molar-refractivity contribution is -0.167. The maximum Gasteiger partial charge on any atom is 0.306 e. The standard InChI is InChI=1S/C70H124O6/c1-4-7-10-13-16-19-22-24-26-28-29-30-31-32-33-34-35-36-37-38-39-40-41-42-44-45-48-51-54-57-60-63-69(72)75-66-67(65-74-68(71)62-59-56-53-50-47-21-18-15-12-9-6-3)76-70(73)64-61-58-55-52-49-46-43-27-25-23-20-17-14-11-8-5-2/h7,10,15-16,18-19,24,26-27,29-30,43,67H,4-6,8-9,11-14,17,20-23,25,28,31-42,44-66H2,1-3H3/b10-7-,18-15-,19-16-,26-24-,30-29-,43-27-. The Morgan fingerprint density at radius 2 is 0.526 bits per heavy atom. The first-order chi connectivity index (χ1) is 37.5.